The largest absolute Gasteiger partial charge is 0.341 e. The van der Waals surface area contributed by atoms with E-state index in [2.05, 4.69) is 61.9 Å². The molecule has 0 aliphatic rings. The fourth-order valence-corrected chi connectivity index (χ4v) is 2.98. The zero-order valence-corrected chi connectivity index (χ0v) is 13.7. The third kappa shape index (κ3) is 3.37. The summed E-state index contributed by atoms with van der Waals surface area (Å²) in [6.45, 7) is 2.82. The standard InChI is InChI=1S/C15H14Br2FN/c1-2-19(13-5-3-4-12(18)9-13)15-7-6-11(10-16)8-14(15)17/h3-9H,2,10H2,1H3. The van der Waals surface area contributed by atoms with Crippen LogP contribution in [0.5, 0.6) is 0 Å². The molecule has 0 radical (unpaired) electrons. The van der Waals surface area contributed by atoms with E-state index in [4.69, 9.17) is 0 Å². The van der Waals surface area contributed by atoms with Crippen LogP contribution in [0.1, 0.15) is 12.5 Å². The SMILES string of the molecule is CCN(c1cccc(F)c1)c1ccc(CBr)cc1Br. The normalized spacial score (nSPS) is 10.5. The number of hydrogen-bond acceptors (Lipinski definition) is 1. The molecule has 0 aliphatic carbocycles. The van der Waals surface area contributed by atoms with E-state index in [9.17, 15) is 4.39 Å². The van der Waals surface area contributed by atoms with Gasteiger partial charge in [0.05, 0.1) is 5.69 Å². The predicted molar refractivity (Wildman–Crippen MR) is 85.9 cm³/mol. The third-order valence-electron chi connectivity index (χ3n) is 2.89. The second kappa shape index (κ2) is 6.53. The molecule has 0 saturated carbocycles. The molecule has 2 aromatic carbocycles. The number of nitrogens with zero attached hydrogens (tertiary/aromatic N) is 1. The summed E-state index contributed by atoms with van der Waals surface area (Å²) in [5, 5.41) is 0.817. The molecule has 0 aromatic heterocycles. The fourth-order valence-electron chi connectivity index (χ4n) is 1.99. The zero-order valence-electron chi connectivity index (χ0n) is 10.5. The molecule has 4 heteroatoms. The Balaban J connectivity index is 2.42. The van der Waals surface area contributed by atoms with Gasteiger partial charge in [0, 0.05) is 22.0 Å². The summed E-state index contributed by atoms with van der Waals surface area (Å²) in [6, 6.07) is 12.8. The molecule has 0 N–H and O–H groups in total. The van der Waals surface area contributed by atoms with Crippen molar-refractivity contribution in [3.05, 3.63) is 58.3 Å². The molecule has 19 heavy (non-hydrogen) atoms. The first-order chi connectivity index (χ1) is 9.15. The van der Waals surface area contributed by atoms with Gasteiger partial charge in [-0.25, -0.2) is 4.39 Å². The number of benzene rings is 2. The van der Waals surface area contributed by atoms with Gasteiger partial charge in [-0.15, -0.1) is 0 Å². The van der Waals surface area contributed by atoms with Crippen LogP contribution in [0.3, 0.4) is 0 Å². The number of hydrogen-bond donors (Lipinski definition) is 0. The highest BCUT2D eigenvalue weighted by molar-refractivity contribution is 9.10. The van der Waals surface area contributed by atoms with Crippen molar-refractivity contribution in [2.45, 2.75) is 12.3 Å². The van der Waals surface area contributed by atoms with Gasteiger partial charge >= 0.3 is 0 Å². The van der Waals surface area contributed by atoms with Crippen molar-refractivity contribution in [3.8, 4) is 0 Å². The van der Waals surface area contributed by atoms with Crippen LogP contribution in [0.25, 0.3) is 0 Å². The first-order valence-electron chi connectivity index (χ1n) is 6.03. The molecule has 0 amide bonds. The monoisotopic (exact) mass is 385 g/mol. The van der Waals surface area contributed by atoms with Gasteiger partial charge in [-0.1, -0.05) is 28.1 Å². The number of alkyl halides is 1. The number of halogens is 3. The summed E-state index contributed by atoms with van der Waals surface area (Å²) in [5.41, 5.74) is 3.10. The summed E-state index contributed by atoms with van der Waals surface area (Å²) in [5.74, 6) is -0.218. The number of rotatable bonds is 4. The van der Waals surface area contributed by atoms with Gasteiger partial charge < -0.3 is 4.90 Å². The lowest BCUT2D eigenvalue weighted by Crippen LogP contribution is -2.16. The highest BCUT2D eigenvalue weighted by atomic mass is 79.9. The highest BCUT2D eigenvalue weighted by Gasteiger charge is 2.11. The molecule has 0 bridgehead atoms. The summed E-state index contributed by atoms with van der Waals surface area (Å²) in [7, 11) is 0. The van der Waals surface area contributed by atoms with Crippen molar-refractivity contribution >= 4 is 43.2 Å². The van der Waals surface area contributed by atoms with Crippen molar-refractivity contribution in [1.29, 1.82) is 0 Å². The molecule has 0 saturated heterocycles. The Kier molecular flexibility index (Phi) is 4.99. The van der Waals surface area contributed by atoms with Gasteiger partial charge in [-0.3, -0.25) is 0 Å². The summed E-state index contributed by atoms with van der Waals surface area (Å²) in [4.78, 5) is 2.07. The minimum atomic E-state index is -0.218. The van der Waals surface area contributed by atoms with Crippen LogP contribution in [0.4, 0.5) is 15.8 Å². The minimum absolute atomic E-state index is 0.218. The molecule has 0 heterocycles. The quantitative estimate of drug-likeness (QED) is 0.614. The molecule has 2 rings (SSSR count). The van der Waals surface area contributed by atoms with E-state index in [0.717, 1.165) is 27.7 Å². The molecular formula is C15H14Br2FN. The van der Waals surface area contributed by atoms with Gasteiger partial charge in [-0.2, -0.15) is 0 Å². The lowest BCUT2D eigenvalue weighted by Gasteiger charge is -2.25. The van der Waals surface area contributed by atoms with E-state index in [1.807, 2.05) is 6.07 Å². The first kappa shape index (κ1) is 14.5. The summed E-state index contributed by atoms with van der Waals surface area (Å²) >= 11 is 7.03. The van der Waals surface area contributed by atoms with E-state index in [1.165, 1.54) is 11.6 Å². The summed E-state index contributed by atoms with van der Waals surface area (Å²) < 4.78 is 14.4. The van der Waals surface area contributed by atoms with Crippen molar-refractivity contribution < 1.29 is 4.39 Å². The van der Waals surface area contributed by atoms with Crippen LogP contribution in [-0.2, 0) is 5.33 Å². The van der Waals surface area contributed by atoms with E-state index in [1.54, 1.807) is 12.1 Å². The minimum Gasteiger partial charge on any atom is -0.341 e. The Morgan fingerprint density at radius 1 is 1.16 bits per heavy atom. The average molecular weight is 387 g/mol. The van der Waals surface area contributed by atoms with Gasteiger partial charge in [0.2, 0.25) is 0 Å². The van der Waals surface area contributed by atoms with Gasteiger partial charge in [-0.05, 0) is 58.7 Å². The second-order valence-corrected chi connectivity index (χ2v) is 5.56. The van der Waals surface area contributed by atoms with Crippen LogP contribution in [0, 0.1) is 5.82 Å². The van der Waals surface area contributed by atoms with Crippen LogP contribution in [0.2, 0.25) is 0 Å². The van der Waals surface area contributed by atoms with Crippen LogP contribution < -0.4 is 4.90 Å². The molecular weight excluding hydrogens is 373 g/mol. The third-order valence-corrected chi connectivity index (χ3v) is 4.18. The Labute approximate surface area is 129 Å². The van der Waals surface area contributed by atoms with Gasteiger partial charge in [0.1, 0.15) is 5.82 Å². The summed E-state index contributed by atoms with van der Waals surface area (Å²) in [6.07, 6.45) is 0. The van der Waals surface area contributed by atoms with E-state index in [0.29, 0.717) is 0 Å². The van der Waals surface area contributed by atoms with E-state index in [-0.39, 0.29) is 5.82 Å². The lowest BCUT2D eigenvalue weighted by molar-refractivity contribution is 0.627. The van der Waals surface area contributed by atoms with Gasteiger partial charge in [0.15, 0.2) is 0 Å². The highest BCUT2D eigenvalue weighted by Crippen LogP contribution is 2.33. The molecule has 100 valence electrons. The maximum atomic E-state index is 13.4. The molecule has 0 spiro atoms. The average Bonchev–Trinajstić information content (AvgIpc) is 2.41. The van der Waals surface area contributed by atoms with Crippen LogP contribution >= 0.6 is 31.9 Å². The Hall–Kier alpha value is -0.870. The van der Waals surface area contributed by atoms with Crippen LogP contribution in [0.15, 0.2) is 46.9 Å². The van der Waals surface area contributed by atoms with Crippen molar-refractivity contribution in [2.24, 2.45) is 0 Å². The second-order valence-electron chi connectivity index (χ2n) is 4.14. The van der Waals surface area contributed by atoms with E-state index < -0.39 is 0 Å². The molecule has 0 atom stereocenters. The topological polar surface area (TPSA) is 3.24 Å². The fraction of sp³-hybridized carbons (Fsp3) is 0.200. The molecule has 1 nitrogen and oxygen atoms in total. The van der Waals surface area contributed by atoms with Crippen molar-refractivity contribution in [2.75, 3.05) is 11.4 Å². The first-order valence-corrected chi connectivity index (χ1v) is 7.94. The van der Waals surface area contributed by atoms with E-state index >= 15 is 0 Å². The van der Waals surface area contributed by atoms with Gasteiger partial charge in [0.25, 0.3) is 0 Å². The lowest BCUT2D eigenvalue weighted by atomic mass is 10.2. The smallest absolute Gasteiger partial charge is 0.125 e. The maximum Gasteiger partial charge on any atom is 0.125 e. The molecule has 2 aromatic rings. The Morgan fingerprint density at radius 3 is 2.53 bits per heavy atom. The predicted octanol–water partition coefficient (Wildman–Crippen LogP) is 5.64. The Bertz CT molecular complexity index is 572. The molecule has 0 fully saturated rings. The molecule has 0 aliphatic heterocycles. The van der Waals surface area contributed by atoms with Crippen molar-refractivity contribution in [1.82, 2.24) is 0 Å². The number of anilines is 2. The van der Waals surface area contributed by atoms with Crippen molar-refractivity contribution in [3.63, 3.8) is 0 Å². The Morgan fingerprint density at radius 2 is 1.95 bits per heavy atom. The zero-order chi connectivity index (χ0) is 13.8. The van der Waals surface area contributed by atoms with Crippen LogP contribution in [-0.4, -0.2) is 6.54 Å². The molecule has 0 unspecified atom stereocenters. The maximum absolute atomic E-state index is 13.4.